The molecule has 0 saturated carbocycles. The molecule has 0 aliphatic heterocycles. The Bertz CT molecular complexity index is 777. The molecule has 0 spiro atoms. The molecule has 3 N–H and O–H groups in total. The van der Waals surface area contributed by atoms with E-state index in [1.54, 1.807) is 48.5 Å². The molecule has 3 aromatic carbocycles. The summed E-state index contributed by atoms with van der Waals surface area (Å²) >= 11 is 0. The van der Waals surface area contributed by atoms with Gasteiger partial charge in [0.25, 0.3) is 0 Å². The predicted molar refractivity (Wildman–Crippen MR) is 89.9 cm³/mol. The largest absolute Gasteiger partial charge is 0.508 e. The summed E-state index contributed by atoms with van der Waals surface area (Å²) in [6.07, 6.45) is 0. The number of phenolic OH excluding ortho intramolecular Hbond substituents is 3. The van der Waals surface area contributed by atoms with E-state index in [-0.39, 0.29) is 17.2 Å². The second-order valence-corrected chi connectivity index (χ2v) is 5.71. The lowest BCUT2D eigenvalue weighted by molar-refractivity contribution is 0.442. The van der Waals surface area contributed by atoms with Gasteiger partial charge in [-0.15, -0.1) is 0 Å². The van der Waals surface area contributed by atoms with Crippen LogP contribution in [0, 0.1) is 0 Å². The van der Waals surface area contributed by atoms with Crippen LogP contribution in [0.25, 0.3) is 0 Å². The fraction of sp³-hybridized carbons (Fsp3) is 0.100. The standard InChI is InChI=1S/C20H18O3/c1-20(14-10-12-15(21)13-11-14,16-6-2-4-8-18(16)22)17-7-3-5-9-19(17)23/h2-13,21-23H,1H3. The maximum absolute atomic E-state index is 10.4. The maximum Gasteiger partial charge on any atom is 0.120 e. The van der Waals surface area contributed by atoms with E-state index >= 15 is 0 Å². The molecular formula is C20H18O3. The van der Waals surface area contributed by atoms with Crippen LogP contribution in [0.2, 0.25) is 0 Å². The van der Waals surface area contributed by atoms with Gasteiger partial charge in [0, 0.05) is 16.5 Å². The number of phenols is 3. The Morgan fingerprint density at radius 1 is 0.609 bits per heavy atom. The molecule has 3 rings (SSSR count). The minimum Gasteiger partial charge on any atom is -0.508 e. The highest BCUT2D eigenvalue weighted by atomic mass is 16.3. The lowest BCUT2D eigenvalue weighted by atomic mass is 9.70. The topological polar surface area (TPSA) is 60.7 Å². The fourth-order valence-corrected chi connectivity index (χ4v) is 3.04. The summed E-state index contributed by atoms with van der Waals surface area (Å²) in [7, 11) is 0. The van der Waals surface area contributed by atoms with Gasteiger partial charge >= 0.3 is 0 Å². The van der Waals surface area contributed by atoms with Crippen molar-refractivity contribution in [3.05, 3.63) is 89.5 Å². The Morgan fingerprint density at radius 3 is 1.48 bits per heavy atom. The number of hydrogen-bond acceptors (Lipinski definition) is 3. The summed E-state index contributed by atoms with van der Waals surface area (Å²) < 4.78 is 0. The number of para-hydroxylation sites is 2. The Morgan fingerprint density at radius 2 is 1.04 bits per heavy atom. The van der Waals surface area contributed by atoms with Crippen molar-refractivity contribution in [3.63, 3.8) is 0 Å². The van der Waals surface area contributed by atoms with E-state index in [9.17, 15) is 15.3 Å². The number of rotatable bonds is 3. The van der Waals surface area contributed by atoms with Crippen molar-refractivity contribution in [2.24, 2.45) is 0 Å². The molecule has 0 amide bonds. The van der Waals surface area contributed by atoms with E-state index < -0.39 is 5.41 Å². The van der Waals surface area contributed by atoms with Crippen LogP contribution in [0.3, 0.4) is 0 Å². The van der Waals surface area contributed by atoms with Gasteiger partial charge in [-0.3, -0.25) is 0 Å². The number of aromatic hydroxyl groups is 3. The minimum atomic E-state index is -0.760. The van der Waals surface area contributed by atoms with Crippen LogP contribution in [-0.2, 0) is 5.41 Å². The molecule has 3 aromatic rings. The summed E-state index contributed by atoms with van der Waals surface area (Å²) in [5.74, 6) is 0.489. The van der Waals surface area contributed by atoms with Crippen LogP contribution < -0.4 is 0 Å². The number of hydrogen-bond donors (Lipinski definition) is 3. The molecule has 3 heteroatoms. The monoisotopic (exact) mass is 306 g/mol. The van der Waals surface area contributed by atoms with Crippen molar-refractivity contribution in [3.8, 4) is 17.2 Å². The Labute approximate surface area is 135 Å². The third-order valence-corrected chi connectivity index (χ3v) is 4.33. The second-order valence-electron chi connectivity index (χ2n) is 5.71. The van der Waals surface area contributed by atoms with Gasteiger partial charge in [-0.25, -0.2) is 0 Å². The molecule has 3 nitrogen and oxygen atoms in total. The molecular weight excluding hydrogens is 288 g/mol. The first kappa shape index (κ1) is 15.0. The summed E-state index contributed by atoms with van der Waals surface area (Å²) in [4.78, 5) is 0. The zero-order chi connectivity index (χ0) is 16.4. The lowest BCUT2D eigenvalue weighted by Crippen LogP contribution is -2.25. The molecule has 0 saturated heterocycles. The van der Waals surface area contributed by atoms with Crippen LogP contribution in [0.1, 0.15) is 23.6 Å². The highest BCUT2D eigenvalue weighted by molar-refractivity contribution is 5.57. The van der Waals surface area contributed by atoms with E-state index in [1.807, 2.05) is 31.2 Å². The summed E-state index contributed by atoms with van der Waals surface area (Å²) in [6.45, 7) is 1.95. The van der Waals surface area contributed by atoms with E-state index in [2.05, 4.69) is 0 Å². The molecule has 0 aliphatic rings. The molecule has 23 heavy (non-hydrogen) atoms. The fourth-order valence-electron chi connectivity index (χ4n) is 3.04. The average Bonchev–Trinajstić information content (AvgIpc) is 2.56. The van der Waals surface area contributed by atoms with Crippen molar-refractivity contribution in [2.75, 3.05) is 0 Å². The first-order chi connectivity index (χ1) is 11.0. The smallest absolute Gasteiger partial charge is 0.120 e. The minimum absolute atomic E-state index is 0.159. The molecule has 0 radical (unpaired) electrons. The molecule has 0 heterocycles. The van der Waals surface area contributed by atoms with E-state index in [4.69, 9.17) is 0 Å². The Balaban J connectivity index is 2.32. The van der Waals surface area contributed by atoms with E-state index in [0.29, 0.717) is 11.1 Å². The van der Waals surface area contributed by atoms with Gasteiger partial charge in [-0.2, -0.15) is 0 Å². The third-order valence-electron chi connectivity index (χ3n) is 4.33. The van der Waals surface area contributed by atoms with Crippen LogP contribution in [0.4, 0.5) is 0 Å². The van der Waals surface area contributed by atoms with E-state index in [1.165, 1.54) is 0 Å². The van der Waals surface area contributed by atoms with Crippen molar-refractivity contribution in [1.82, 2.24) is 0 Å². The third kappa shape index (κ3) is 2.50. The summed E-state index contributed by atoms with van der Waals surface area (Å²) in [5, 5.41) is 30.3. The summed E-state index contributed by atoms with van der Waals surface area (Å²) in [6, 6.07) is 21.0. The predicted octanol–water partition coefficient (Wildman–Crippen LogP) is 4.16. The van der Waals surface area contributed by atoms with Gasteiger partial charge in [-0.05, 0) is 36.8 Å². The molecule has 0 unspecified atom stereocenters. The SMILES string of the molecule is CC(c1ccc(O)cc1)(c1ccccc1O)c1ccccc1O. The van der Waals surface area contributed by atoms with Gasteiger partial charge in [0.2, 0.25) is 0 Å². The van der Waals surface area contributed by atoms with Crippen LogP contribution in [0.15, 0.2) is 72.8 Å². The van der Waals surface area contributed by atoms with Crippen molar-refractivity contribution in [2.45, 2.75) is 12.3 Å². The van der Waals surface area contributed by atoms with Crippen LogP contribution in [-0.4, -0.2) is 15.3 Å². The molecule has 0 bridgehead atoms. The van der Waals surface area contributed by atoms with Crippen molar-refractivity contribution < 1.29 is 15.3 Å². The molecule has 0 aromatic heterocycles. The van der Waals surface area contributed by atoms with Crippen molar-refractivity contribution in [1.29, 1.82) is 0 Å². The van der Waals surface area contributed by atoms with Gasteiger partial charge in [0.15, 0.2) is 0 Å². The molecule has 0 atom stereocenters. The zero-order valence-electron chi connectivity index (χ0n) is 12.8. The van der Waals surface area contributed by atoms with Gasteiger partial charge in [0.1, 0.15) is 17.2 Å². The molecule has 0 aliphatic carbocycles. The molecule has 116 valence electrons. The molecule has 0 fully saturated rings. The van der Waals surface area contributed by atoms with Gasteiger partial charge in [0.05, 0.1) is 0 Å². The highest BCUT2D eigenvalue weighted by Crippen LogP contribution is 2.45. The first-order valence-electron chi connectivity index (χ1n) is 7.40. The van der Waals surface area contributed by atoms with Crippen molar-refractivity contribution >= 4 is 0 Å². The second kappa shape index (κ2) is 5.69. The number of benzene rings is 3. The Kier molecular flexibility index (Phi) is 3.70. The maximum atomic E-state index is 10.4. The van der Waals surface area contributed by atoms with Gasteiger partial charge in [-0.1, -0.05) is 48.5 Å². The van der Waals surface area contributed by atoms with E-state index in [0.717, 1.165) is 5.56 Å². The van der Waals surface area contributed by atoms with Gasteiger partial charge < -0.3 is 15.3 Å². The highest BCUT2D eigenvalue weighted by Gasteiger charge is 2.35. The first-order valence-corrected chi connectivity index (χ1v) is 7.40. The van der Waals surface area contributed by atoms with Crippen LogP contribution in [0.5, 0.6) is 17.2 Å². The quantitative estimate of drug-likeness (QED) is 0.637. The zero-order valence-corrected chi connectivity index (χ0v) is 12.8. The Hall–Kier alpha value is -2.94. The normalized spacial score (nSPS) is 11.3. The lowest BCUT2D eigenvalue weighted by Gasteiger charge is -2.32. The average molecular weight is 306 g/mol. The van der Waals surface area contributed by atoms with Crippen LogP contribution >= 0.6 is 0 Å². The summed E-state index contributed by atoms with van der Waals surface area (Å²) in [5.41, 5.74) is 1.47.